The van der Waals surface area contributed by atoms with Gasteiger partial charge in [0, 0.05) is 13.6 Å². The highest BCUT2D eigenvalue weighted by Crippen LogP contribution is 1.80. The molecule has 2 N–H and O–H groups in total. The Bertz CT molecular complexity index is 144. The van der Waals surface area contributed by atoms with Crippen LogP contribution >= 0.6 is 0 Å². The minimum atomic E-state index is -0.505. The summed E-state index contributed by atoms with van der Waals surface area (Å²) < 4.78 is 0. The molecule has 0 aliphatic heterocycles. The van der Waals surface area contributed by atoms with Gasteiger partial charge < -0.3 is 10.6 Å². The molecule has 5 nitrogen and oxygen atoms in total. The van der Waals surface area contributed by atoms with Crippen molar-refractivity contribution in [2.24, 2.45) is 0 Å². The van der Waals surface area contributed by atoms with Gasteiger partial charge in [0.25, 0.3) is 6.20 Å². The summed E-state index contributed by atoms with van der Waals surface area (Å²) in [6.07, 6.45) is 0.892. The molecule has 0 aromatic carbocycles. The number of hydrogen-bond donors (Lipinski definition) is 2. The van der Waals surface area contributed by atoms with Gasteiger partial charge in [-0.05, 0) is 6.92 Å². The third kappa shape index (κ3) is 3.71. The minimum Gasteiger partial charge on any atom is -0.370 e. The van der Waals surface area contributed by atoms with E-state index in [1.54, 1.807) is 7.05 Å². The first-order valence-corrected chi connectivity index (χ1v) is 2.97. The lowest BCUT2D eigenvalue weighted by molar-refractivity contribution is -0.404. The van der Waals surface area contributed by atoms with E-state index in [1.807, 2.05) is 6.92 Å². The van der Waals surface area contributed by atoms with Crippen LogP contribution in [0.25, 0.3) is 0 Å². The average molecular weight is 145 g/mol. The van der Waals surface area contributed by atoms with Crippen LogP contribution in [-0.4, -0.2) is 18.5 Å². The monoisotopic (exact) mass is 145 g/mol. The highest BCUT2D eigenvalue weighted by molar-refractivity contribution is 4.89. The van der Waals surface area contributed by atoms with Gasteiger partial charge in [-0.2, -0.15) is 0 Å². The van der Waals surface area contributed by atoms with E-state index in [-0.39, 0.29) is 0 Å². The number of hydrogen-bond acceptors (Lipinski definition) is 4. The molecule has 0 radical (unpaired) electrons. The molecule has 0 amide bonds. The van der Waals surface area contributed by atoms with Gasteiger partial charge in [-0.25, -0.2) is 0 Å². The van der Waals surface area contributed by atoms with Gasteiger partial charge >= 0.3 is 0 Å². The second-order valence-electron chi connectivity index (χ2n) is 1.61. The first-order chi connectivity index (χ1) is 4.70. The molecule has 58 valence electrons. The van der Waals surface area contributed by atoms with Gasteiger partial charge in [0.05, 0.1) is 4.92 Å². The Balaban J connectivity index is 3.91. The maximum Gasteiger partial charge on any atom is 0.274 e. The topological polar surface area (TPSA) is 67.2 Å². The van der Waals surface area contributed by atoms with Crippen molar-refractivity contribution in [1.29, 1.82) is 0 Å². The Labute approximate surface area is 59.3 Å². The largest absolute Gasteiger partial charge is 0.370 e. The van der Waals surface area contributed by atoms with Crippen LogP contribution in [0.4, 0.5) is 0 Å². The summed E-state index contributed by atoms with van der Waals surface area (Å²) in [4.78, 5) is 9.39. The smallest absolute Gasteiger partial charge is 0.274 e. The molecule has 0 unspecified atom stereocenters. The van der Waals surface area contributed by atoms with E-state index >= 15 is 0 Å². The second kappa shape index (κ2) is 4.60. The van der Waals surface area contributed by atoms with Crippen LogP contribution in [-0.2, 0) is 0 Å². The van der Waals surface area contributed by atoms with Crippen molar-refractivity contribution >= 4 is 0 Å². The molecule has 0 spiro atoms. The van der Waals surface area contributed by atoms with Gasteiger partial charge in [0.15, 0.2) is 5.82 Å². The van der Waals surface area contributed by atoms with Crippen molar-refractivity contribution in [3.63, 3.8) is 0 Å². The molecule has 0 fully saturated rings. The van der Waals surface area contributed by atoms with Gasteiger partial charge in [0.2, 0.25) is 0 Å². The summed E-state index contributed by atoms with van der Waals surface area (Å²) >= 11 is 0. The predicted octanol–water partition coefficient (Wildman–Crippen LogP) is -0.109. The zero-order chi connectivity index (χ0) is 7.98. The molecule has 0 atom stereocenters. The Morgan fingerprint density at radius 3 is 2.70 bits per heavy atom. The van der Waals surface area contributed by atoms with Crippen molar-refractivity contribution in [1.82, 2.24) is 10.6 Å². The molecular formula is C5H11N3O2. The van der Waals surface area contributed by atoms with Crippen LogP contribution in [0.2, 0.25) is 0 Å². The number of rotatable bonds is 4. The molecule has 0 aliphatic carbocycles. The van der Waals surface area contributed by atoms with Gasteiger partial charge in [-0.1, -0.05) is 0 Å². The zero-order valence-corrected chi connectivity index (χ0v) is 6.05. The van der Waals surface area contributed by atoms with Crippen LogP contribution in [0.3, 0.4) is 0 Å². The van der Waals surface area contributed by atoms with Crippen molar-refractivity contribution in [2.75, 3.05) is 13.6 Å². The molecule has 0 rings (SSSR count). The Morgan fingerprint density at radius 1 is 1.80 bits per heavy atom. The maximum absolute atomic E-state index is 9.89. The Kier molecular flexibility index (Phi) is 4.02. The van der Waals surface area contributed by atoms with Gasteiger partial charge in [-0.15, -0.1) is 0 Å². The maximum atomic E-state index is 9.89. The lowest BCUT2D eigenvalue weighted by Crippen LogP contribution is -2.23. The fraction of sp³-hybridized carbons (Fsp3) is 0.600. The zero-order valence-electron chi connectivity index (χ0n) is 6.05. The summed E-state index contributed by atoms with van der Waals surface area (Å²) in [6.45, 7) is 2.53. The standard InChI is InChI=1S/C5H11N3O2/c1-3-7-5(6-2)4-8(9)10/h4,6-7H,3H2,1-2H3/b5-4-. The van der Waals surface area contributed by atoms with Crippen LogP contribution in [0.15, 0.2) is 12.0 Å². The quantitative estimate of drug-likeness (QED) is 0.428. The van der Waals surface area contributed by atoms with E-state index in [1.165, 1.54) is 0 Å². The molecule has 0 heterocycles. The number of nitrogens with zero attached hydrogens (tertiary/aromatic N) is 1. The molecular weight excluding hydrogens is 134 g/mol. The summed E-state index contributed by atoms with van der Waals surface area (Å²) in [5.74, 6) is 0.424. The fourth-order valence-corrected chi connectivity index (χ4v) is 0.494. The van der Waals surface area contributed by atoms with Crippen molar-refractivity contribution in [3.8, 4) is 0 Å². The third-order valence-electron chi connectivity index (χ3n) is 0.871. The van der Waals surface area contributed by atoms with Crippen LogP contribution in [0.5, 0.6) is 0 Å². The van der Waals surface area contributed by atoms with E-state index in [9.17, 15) is 10.1 Å². The summed E-state index contributed by atoms with van der Waals surface area (Å²) in [6, 6.07) is 0. The molecule has 0 aromatic rings. The summed E-state index contributed by atoms with van der Waals surface area (Å²) in [7, 11) is 1.62. The fourth-order valence-electron chi connectivity index (χ4n) is 0.494. The molecule has 10 heavy (non-hydrogen) atoms. The molecule has 0 bridgehead atoms. The molecule has 0 saturated carbocycles. The lowest BCUT2D eigenvalue weighted by atomic mass is 10.6. The van der Waals surface area contributed by atoms with E-state index in [0.717, 1.165) is 6.20 Å². The van der Waals surface area contributed by atoms with Crippen LogP contribution in [0, 0.1) is 10.1 Å². The van der Waals surface area contributed by atoms with Crippen LogP contribution in [0.1, 0.15) is 6.92 Å². The SMILES string of the molecule is CCN/C(=C\[N+](=O)[O-])NC. The Hall–Kier alpha value is -1.26. The summed E-state index contributed by atoms with van der Waals surface area (Å²) in [5.41, 5.74) is 0. The van der Waals surface area contributed by atoms with E-state index in [4.69, 9.17) is 0 Å². The van der Waals surface area contributed by atoms with Crippen molar-refractivity contribution < 1.29 is 4.92 Å². The van der Waals surface area contributed by atoms with Gasteiger partial charge in [0.1, 0.15) is 0 Å². The number of nitro groups is 1. The van der Waals surface area contributed by atoms with E-state index in [2.05, 4.69) is 10.6 Å². The number of nitrogens with one attached hydrogen (secondary N) is 2. The van der Waals surface area contributed by atoms with E-state index in [0.29, 0.717) is 12.4 Å². The summed E-state index contributed by atoms with van der Waals surface area (Å²) in [5, 5.41) is 15.3. The molecule has 5 heteroatoms. The average Bonchev–Trinajstić information content (AvgIpc) is 1.86. The molecule has 0 aliphatic rings. The van der Waals surface area contributed by atoms with Crippen molar-refractivity contribution in [2.45, 2.75) is 6.92 Å². The third-order valence-corrected chi connectivity index (χ3v) is 0.871. The second-order valence-corrected chi connectivity index (χ2v) is 1.61. The molecule has 0 aromatic heterocycles. The predicted molar refractivity (Wildman–Crippen MR) is 37.8 cm³/mol. The van der Waals surface area contributed by atoms with E-state index < -0.39 is 4.92 Å². The molecule has 0 saturated heterocycles. The normalized spacial score (nSPS) is 10.8. The van der Waals surface area contributed by atoms with Crippen LogP contribution < -0.4 is 10.6 Å². The minimum absolute atomic E-state index is 0.424. The highest BCUT2D eigenvalue weighted by Gasteiger charge is 1.95. The Morgan fingerprint density at radius 2 is 2.40 bits per heavy atom. The first-order valence-electron chi connectivity index (χ1n) is 2.97. The lowest BCUT2D eigenvalue weighted by Gasteiger charge is -2.02. The first kappa shape index (κ1) is 8.74. The van der Waals surface area contributed by atoms with Gasteiger partial charge in [-0.3, -0.25) is 10.1 Å². The highest BCUT2D eigenvalue weighted by atomic mass is 16.6. The van der Waals surface area contributed by atoms with Crippen molar-refractivity contribution in [3.05, 3.63) is 22.1 Å².